The van der Waals surface area contributed by atoms with Gasteiger partial charge in [-0.2, -0.15) is 0 Å². The Balaban J connectivity index is 1.97. The van der Waals surface area contributed by atoms with Gasteiger partial charge in [-0.25, -0.2) is 0 Å². The Bertz CT molecular complexity index is 202. The molecule has 114 valence electrons. The van der Waals surface area contributed by atoms with Gasteiger partial charge in [-0.3, -0.25) is 0 Å². The van der Waals surface area contributed by atoms with E-state index >= 15 is 0 Å². The van der Waals surface area contributed by atoms with Crippen LogP contribution >= 0.6 is 0 Å². The summed E-state index contributed by atoms with van der Waals surface area (Å²) in [6.45, 7) is 4.71. The molecule has 19 heavy (non-hydrogen) atoms. The summed E-state index contributed by atoms with van der Waals surface area (Å²) in [4.78, 5) is 0. The largest absolute Gasteiger partial charge is 0.317 e. The van der Waals surface area contributed by atoms with E-state index in [9.17, 15) is 0 Å². The summed E-state index contributed by atoms with van der Waals surface area (Å²) in [5.41, 5.74) is 0. The van der Waals surface area contributed by atoms with E-state index in [0.29, 0.717) is 0 Å². The lowest BCUT2D eigenvalue weighted by Gasteiger charge is -2.23. The van der Waals surface area contributed by atoms with Gasteiger partial charge in [0.05, 0.1) is 0 Å². The minimum absolute atomic E-state index is 0.796. The van der Waals surface area contributed by atoms with E-state index in [4.69, 9.17) is 0 Å². The predicted octanol–water partition coefficient (Wildman–Crippen LogP) is 5.54. The van der Waals surface area contributed by atoms with Crippen molar-refractivity contribution in [3.8, 4) is 0 Å². The highest BCUT2D eigenvalue weighted by Crippen LogP contribution is 2.34. The molecule has 1 saturated carbocycles. The molecule has 1 heteroatoms. The van der Waals surface area contributed by atoms with E-state index in [2.05, 4.69) is 26.2 Å². The van der Waals surface area contributed by atoms with Gasteiger partial charge >= 0.3 is 0 Å². The lowest BCUT2D eigenvalue weighted by Crippen LogP contribution is -2.32. The molecule has 3 atom stereocenters. The fourth-order valence-corrected chi connectivity index (χ4v) is 3.73. The third-order valence-corrected chi connectivity index (χ3v) is 5.04. The molecule has 1 N–H and O–H groups in total. The van der Waals surface area contributed by atoms with Crippen LogP contribution in [-0.2, 0) is 0 Å². The lowest BCUT2D eigenvalue weighted by molar-refractivity contribution is 0.340. The monoisotopic (exact) mass is 267 g/mol. The van der Waals surface area contributed by atoms with Gasteiger partial charge in [0.1, 0.15) is 0 Å². The first-order chi connectivity index (χ1) is 9.27. The summed E-state index contributed by atoms with van der Waals surface area (Å²) in [5, 5.41) is 3.58. The average Bonchev–Trinajstić information content (AvgIpc) is 2.83. The van der Waals surface area contributed by atoms with E-state index in [0.717, 1.165) is 17.9 Å². The zero-order valence-corrected chi connectivity index (χ0v) is 13.7. The maximum Gasteiger partial charge on any atom is 0.00924 e. The number of unbranched alkanes of at least 4 members (excludes halogenated alkanes) is 7. The summed E-state index contributed by atoms with van der Waals surface area (Å²) >= 11 is 0. The summed E-state index contributed by atoms with van der Waals surface area (Å²) in [6.07, 6.45) is 17.3. The van der Waals surface area contributed by atoms with Crippen LogP contribution in [0.2, 0.25) is 0 Å². The first-order valence-corrected chi connectivity index (χ1v) is 8.95. The second-order valence-electron chi connectivity index (χ2n) is 6.84. The normalized spacial score (nSPS) is 24.8. The molecule has 0 amide bonds. The minimum atomic E-state index is 0.796. The lowest BCUT2D eigenvalue weighted by atomic mass is 9.92. The van der Waals surface area contributed by atoms with Crippen LogP contribution in [0.3, 0.4) is 0 Å². The van der Waals surface area contributed by atoms with Crippen LogP contribution in [-0.4, -0.2) is 13.1 Å². The van der Waals surface area contributed by atoms with Crippen molar-refractivity contribution in [1.29, 1.82) is 0 Å². The molecule has 1 aliphatic rings. The molecule has 1 rings (SSSR count). The highest BCUT2D eigenvalue weighted by Gasteiger charge is 2.27. The van der Waals surface area contributed by atoms with E-state index < -0.39 is 0 Å². The van der Waals surface area contributed by atoms with E-state index in [1.54, 1.807) is 0 Å². The van der Waals surface area contributed by atoms with Crippen molar-refractivity contribution >= 4 is 0 Å². The maximum atomic E-state index is 3.58. The molecular weight excluding hydrogens is 230 g/mol. The predicted molar refractivity (Wildman–Crippen MR) is 86.6 cm³/mol. The molecule has 0 radical (unpaired) electrons. The van der Waals surface area contributed by atoms with Crippen LogP contribution in [0.1, 0.15) is 90.9 Å². The molecule has 0 aromatic rings. The van der Waals surface area contributed by atoms with Crippen LogP contribution < -0.4 is 5.32 Å². The molecule has 0 aromatic heterocycles. The Morgan fingerprint density at radius 2 is 1.58 bits per heavy atom. The average molecular weight is 268 g/mol. The standard InChI is InChI=1S/C18H37N/c1-4-5-6-7-8-9-10-11-12-18(19-3)17-14-13-16(2)15-17/h16-19H,4-15H2,1-3H3. The summed E-state index contributed by atoms with van der Waals surface area (Å²) in [5.74, 6) is 1.93. The fourth-order valence-electron chi connectivity index (χ4n) is 3.73. The molecule has 0 heterocycles. The van der Waals surface area contributed by atoms with E-state index in [1.165, 1.54) is 77.0 Å². The molecule has 0 aromatic carbocycles. The Morgan fingerprint density at radius 3 is 2.11 bits per heavy atom. The van der Waals surface area contributed by atoms with Gasteiger partial charge in [0.2, 0.25) is 0 Å². The molecule has 0 spiro atoms. The van der Waals surface area contributed by atoms with Crippen LogP contribution in [0, 0.1) is 11.8 Å². The van der Waals surface area contributed by atoms with Crippen molar-refractivity contribution in [2.75, 3.05) is 7.05 Å². The molecule has 0 aliphatic heterocycles. The molecule has 1 fully saturated rings. The third kappa shape index (κ3) is 7.34. The number of hydrogen-bond donors (Lipinski definition) is 1. The second kappa shape index (κ2) is 10.7. The Kier molecular flexibility index (Phi) is 9.59. The zero-order valence-electron chi connectivity index (χ0n) is 13.7. The van der Waals surface area contributed by atoms with Gasteiger partial charge in [0, 0.05) is 6.04 Å². The van der Waals surface area contributed by atoms with Crippen LogP contribution in [0.5, 0.6) is 0 Å². The van der Waals surface area contributed by atoms with E-state index in [1.807, 2.05) is 0 Å². The van der Waals surface area contributed by atoms with Gasteiger partial charge in [-0.1, -0.05) is 71.6 Å². The van der Waals surface area contributed by atoms with E-state index in [-0.39, 0.29) is 0 Å². The fraction of sp³-hybridized carbons (Fsp3) is 1.00. The van der Waals surface area contributed by atoms with Crippen molar-refractivity contribution in [1.82, 2.24) is 5.32 Å². The van der Waals surface area contributed by atoms with Gasteiger partial charge in [0.15, 0.2) is 0 Å². The number of nitrogens with one attached hydrogen (secondary N) is 1. The summed E-state index contributed by atoms with van der Waals surface area (Å²) in [7, 11) is 2.17. The van der Waals surface area contributed by atoms with Gasteiger partial charge < -0.3 is 5.32 Å². The number of rotatable bonds is 11. The molecule has 1 aliphatic carbocycles. The molecular formula is C18H37N. The van der Waals surface area contributed by atoms with Crippen molar-refractivity contribution in [2.24, 2.45) is 11.8 Å². The molecule has 0 saturated heterocycles. The SMILES string of the molecule is CCCCCCCCCCC(NC)C1CCC(C)C1. The Morgan fingerprint density at radius 1 is 0.947 bits per heavy atom. The van der Waals surface area contributed by atoms with Gasteiger partial charge in [-0.15, -0.1) is 0 Å². The van der Waals surface area contributed by atoms with Gasteiger partial charge in [0.25, 0.3) is 0 Å². The highest BCUT2D eigenvalue weighted by atomic mass is 14.9. The molecule has 0 bridgehead atoms. The second-order valence-corrected chi connectivity index (χ2v) is 6.84. The molecule has 1 nitrogen and oxygen atoms in total. The van der Waals surface area contributed by atoms with Crippen molar-refractivity contribution in [2.45, 2.75) is 96.9 Å². The maximum absolute atomic E-state index is 3.58. The van der Waals surface area contributed by atoms with Crippen LogP contribution in [0.4, 0.5) is 0 Å². The quantitative estimate of drug-likeness (QED) is 0.485. The highest BCUT2D eigenvalue weighted by molar-refractivity contribution is 4.82. The third-order valence-electron chi connectivity index (χ3n) is 5.04. The first kappa shape index (κ1) is 17.0. The zero-order chi connectivity index (χ0) is 13.9. The van der Waals surface area contributed by atoms with Gasteiger partial charge in [-0.05, 0) is 38.1 Å². The van der Waals surface area contributed by atoms with Crippen molar-refractivity contribution < 1.29 is 0 Å². The topological polar surface area (TPSA) is 12.0 Å². The Hall–Kier alpha value is -0.0400. The minimum Gasteiger partial charge on any atom is -0.317 e. The summed E-state index contributed by atoms with van der Waals surface area (Å²) < 4.78 is 0. The van der Waals surface area contributed by atoms with Crippen LogP contribution in [0.25, 0.3) is 0 Å². The van der Waals surface area contributed by atoms with Crippen molar-refractivity contribution in [3.05, 3.63) is 0 Å². The Labute approximate surface area is 121 Å². The van der Waals surface area contributed by atoms with Crippen LogP contribution in [0.15, 0.2) is 0 Å². The van der Waals surface area contributed by atoms with Crippen molar-refractivity contribution in [3.63, 3.8) is 0 Å². The summed E-state index contributed by atoms with van der Waals surface area (Å²) in [6, 6.07) is 0.796. The smallest absolute Gasteiger partial charge is 0.00924 e. The first-order valence-electron chi connectivity index (χ1n) is 8.95. The molecule has 3 unspecified atom stereocenters. The number of hydrogen-bond acceptors (Lipinski definition) is 1.